The number of aromatic nitrogens is 3. The average molecular weight is 591 g/mol. The van der Waals surface area contributed by atoms with Crippen molar-refractivity contribution in [3.63, 3.8) is 0 Å². The van der Waals surface area contributed by atoms with E-state index in [-0.39, 0.29) is 35.5 Å². The first-order chi connectivity index (χ1) is 18.9. The number of carboxylic acid groups (broad SMARTS) is 1. The summed E-state index contributed by atoms with van der Waals surface area (Å²) in [6, 6.07) is 2.18. The van der Waals surface area contributed by atoms with Crippen LogP contribution >= 0.6 is 23.3 Å². The first-order valence-electron chi connectivity index (χ1n) is 12.1. The van der Waals surface area contributed by atoms with Crippen molar-refractivity contribution in [3.05, 3.63) is 47.2 Å². The predicted molar refractivity (Wildman–Crippen MR) is 144 cm³/mol. The molecule has 1 saturated heterocycles. The van der Waals surface area contributed by atoms with Gasteiger partial charge >= 0.3 is 11.9 Å². The Hall–Kier alpha value is -4.05. The minimum Gasteiger partial charge on any atom is -0.477 e. The number of nitrogen functional groups attached to an aromatic ring is 1. The van der Waals surface area contributed by atoms with Gasteiger partial charge in [-0.2, -0.15) is 9.36 Å². The minimum absolute atomic E-state index is 0.0449. The van der Waals surface area contributed by atoms with Crippen LogP contribution in [-0.4, -0.2) is 78.2 Å². The average Bonchev–Trinajstić information content (AvgIpc) is 3.32. The van der Waals surface area contributed by atoms with Crippen LogP contribution in [0.1, 0.15) is 43.9 Å². The number of carbonyl (C=O) groups is 4. The molecule has 4 rings (SSSR count). The Bertz CT molecular complexity index is 1400. The van der Waals surface area contributed by atoms with Gasteiger partial charge < -0.3 is 25.7 Å². The molecule has 2 aromatic heterocycles. The van der Waals surface area contributed by atoms with Gasteiger partial charge in [-0.25, -0.2) is 14.2 Å². The number of aliphatic carboxylic acids is 1. The number of thioether (sulfide) groups is 1. The van der Waals surface area contributed by atoms with E-state index >= 15 is 0 Å². The van der Waals surface area contributed by atoms with Gasteiger partial charge in [-0.3, -0.25) is 14.5 Å². The van der Waals surface area contributed by atoms with Crippen LogP contribution < -0.4 is 15.6 Å². The number of carbonyl (C=O) groups excluding carboxylic acids is 3. The lowest BCUT2D eigenvalue weighted by Gasteiger charge is -2.49. The van der Waals surface area contributed by atoms with Gasteiger partial charge in [0.2, 0.25) is 11.5 Å². The molecular weight excluding hydrogens is 562 g/mol. The summed E-state index contributed by atoms with van der Waals surface area (Å²) < 4.78 is 11.1. The van der Waals surface area contributed by atoms with Crippen molar-refractivity contribution < 1.29 is 38.4 Å². The molecule has 0 aliphatic carbocycles. The number of nitrogens with two attached hydrogens (primary N) is 1. The van der Waals surface area contributed by atoms with Gasteiger partial charge in [0, 0.05) is 35.0 Å². The van der Waals surface area contributed by atoms with Gasteiger partial charge in [0.1, 0.15) is 29.3 Å². The van der Waals surface area contributed by atoms with Crippen molar-refractivity contribution in [1.29, 1.82) is 0 Å². The Balaban J connectivity index is 1.49. The molecule has 2 aliphatic heterocycles. The Morgan fingerprint density at radius 3 is 2.58 bits per heavy atom. The molecule has 2 aliphatic rings. The summed E-state index contributed by atoms with van der Waals surface area (Å²) in [6.45, 7) is 7.37. The highest BCUT2D eigenvalue weighted by molar-refractivity contribution is 8.00. The van der Waals surface area contributed by atoms with Crippen molar-refractivity contribution in [2.75, 3.05) is 18.1 Å². The van der Waals surface area contributed by atoms with Gasteiger partial charge in [0.05, 0.1) is 5.56 Å². The summed E-state index contributed by atoms with van der Waals surface area (Å²) in [6.07, 6.45) is 3.28. The molecule has 16 heteroatoms. The maximum Gasteiger partial charge on any atom is 0.352 e. The summed E-state index contributed by atoms with van der Waals surface area (Å²) >= 11 is 2.19. The molecule has 0 spiro atoms. The van der Waals surface area contributed by atoms with E-state index in [1.807, 2.05) is 0 Å². The summed E-state index contributed by atoms with van der Waals surface area (Å²) in [5, 5.41) is 15.8. The van der Waals surface area contributed by atoms with Gasteiger partial charge in [-0.15, -0.1) is 11.8 Å². The van der Waals surface area contributed by atoms with Gasteiger partial charge in [0.15, 0.2) is 24.1 Å². The number of hydrogen-bond donors (Lipinski definition) is 3. The summed E-state index contributed by atoms with van der Waals surface area (Å²) in [5.41, 5.74) is 5.46. The van der Waals surface area contributed by atoms with E-state index in [0.29, 0.717) is 16.9 Å². The lowest BCUT2D eigenvalue weighted by atomic mass is 10.0. The van der Waals surface area contributed by atoms with Gasteiger partial charge in [-0.05, 0) is 27.7 Å². The molecule has 0 saturated carbocycles. The number of oxime groups is 1. The normalized spacial score (nSPS) is 19.1. The molecule has 1 unspecified atom stereocenters. The Kier molecular flexibility index (Phi) is 8.39. The maximum absolute atomic E-state index is 13.1. The Morgan fingerprint density at radius 1 is 1.30 bits per heavy atom. The number of carboxylic acids is 1. The van der Waals surface area contributed by atoms with Crippen molar-refractivity contribution in [2.24, 2.45) is 5.16 Å². The molecule has 4 N–H and O–H groups in total. The van der Waals surface area contributed by atoms with Crippen LogP contribution in [0.15, 0.2) is 41.0 Å². The number of fused-ring (bicyclic) bond motifs is 1. The van der Waals surface area contributed by atoms with Crippen molar-refractivity contribution in [1.82, 2.24) is 19.6 Å². The fourth-order valence-electron chi connectivity index (χ4n) is 3.91. The molecule has 0 radical (unpaired) electrons. The van der Waals surface area contributed by atoms with Crippen molar-refractivity contribution >= 4 is 57.9 Å². The molecule has 212 valence electrons. The number of ether oxygens (including phenoxy) is 1. The van der Waals surface area contributed by atoms with E-state index in [0.717, 1.165) is 11.5 Å². The number of nitrogens with zero attached hydrogens (tertiary/aromatic N) is 5. The van der Waals surface area contributed by atoms with E-state index in [2.05, 4.69) is 19.8 Å². The molecule has 1 fully saturated rings. The zero-order chi connectivity index (χ0) is 29.2. The van der Waals surface area contributed by atoms with Crippen molar-refractivity contribution in [2.45, 2.75) is 51.3 Å². The minimum atomic E-state index is -1.26. The molecule has 14 nitrogen and oxygen atoms in total. The molecule has 2 aromatic rings. The highest BCUT2D eigenvalue weighted by Gasteiger charge is 2.55. The van der Waals surface area contributed by atoms with E-state index < -0.39 is 40.8 Å². The zero-order valence-electron chi connectivity index (χ0n) is 22.1. The molecule has 2 atom stereocenters. The van der Waals surface area contributed by atoms with Crippen molar-refractivity contribution in [3.8, 4) is 0 Å². The summed E-state index contributed by atoms with van der Waals surface area (Å²) in [7, 11) is 0. The monoisotopic (exact) mass is 590 g/mol. The third kappa shape index (κ3) is 6.22. The summed E-state index contributed by atoms with van der Waals surface area (Å²) in [5.74, 6) is -2.80. The zero-order valence-corrected chi connectivity index (χ0v) is 23.7. The Morgan fingerprint density at radius 2 is 2.00 bits per heavy atom. The fourth-order valence-corrected chi connectivity index (χ4v) is 5.68. The first kappa shape index (κ1) is 28.9. The standard InChI is InChI=1S/C24H27N7O7S2/c1-5-37-28-14(17-27-23(25)40-29-17)18(32)26-15-19(33)31-16(21(34)35)13(11-39-20(15)31)10-30-8-6-12(7-9-30)22(36)38-24(2,3)4/h6-9,15,20H,5,10-11H2,1-4H3,(H3-,25,26,27,29,32,34,35)/p+1/t15?,20-/m1/s1. The van der Waals surface area contributed by atoms with Crippen LogP contribution in [0, 0.1) is 0 Å². The third-order valence-corrected chi connectivity index (χ3v) is 7.47. The van der Waals surface area contributed by atoms with Crippen LogP contribution in [-0.2, 0) is 30.5 Å². The molecule has 2 amide bonds. The highest BCUT2D eigenvalue weighted by Crippen LogP contribution is 2.40. The highest BCUT2D eigenvalue weighted by atomic mass is 32.2. The number of esters is 1. The number of nitrogens with one attached hydrogen (secondary N) is 1. The van der Waals surface area contributed by atoms with Crippen LogP contribution in [0.5, 0.6) is 0 Å². The van der Waals surface area contributed by atoms with Gasteiger partial charge in [0.25, 0.3) is 11.8 Å². The topological polar surface area (TPSA) is 190 Å². The smallest absolute Gasteiger partial charge is 0.352 e. The molecule has 4 heterocycles. The number of anilines is 1. The van der Waals surface area contributed by atoms with E-state index in [1.165, 1.54) is 16.7 Å². The predicted octanol–water partition coefficient (Wildman–Crippen LogP) is 0.543. The van der Waals surface area contributed by atoms with E-state index in [4.69, 9.17) is 15.3 Å². The maximum atomic E-state index is 13.1. The van der Waals surface area contributed by atoms with Crippen LogP contribution in [0.2, 0.25) is 0 Å². The van der Waals surface area contributed by atoms with Crippen LogP contribution in [0.4, 0.5) is 5.13 Å². The van der Waals surface area contributed by atoms with Crippen LogP contribution in [0.25, 0.3) is 0 Å². The van der Waals surface area contributed by atoms with Crippen LogP contribution in [0.3, 0.4) is 0 Å². The van der Waals surface area contributed by atoms with E-state index in [9.17, 15) is 24.3 Å². The number of pyridine rings is 1. The summed E-state index contributed by atoms with van der Waals surface area (Å²) in [4.78, 5) is 60.7. The van der Waals surface area contributed by atoms with E-state index in [1.54, 1.807) is 56.8 Å². The quantitative estimate of drug-likeness (QED) is 0.121. The lowest BCUT2D eigenvalue weighted by Crippen LogP contribution is -2.71. The largest absolute Gasteiger partial charge is 0.477 e. The molecular formula is C24H28N7O7S2+. The SMILES string of the molecule is CCON=C(C(=O)NC1C(=O)N2C(C(=O)O)=C(C[n+]3ccc(C(=O)OC(C)(C)C)cc3)CS[C@H]12)c1nsc(N)n1. The molecule has 0 bridgehead atoms. The second kappa shape index (κ2) is 11.6. The molecule has 40 heavy (non-hydrogen) atoms. The molecule has 0 aromatic carbocycles. The number of hydrogen-bond acceptors (Lipinski definition) is 12. The fraction of sp³-hybridized carbons (Fsp3) is 0.417. The number of β-lactam (4-membered cyclic amide) rings is 1. The number of rotatable bonds is 9. The Labute approximate surface area is 237 Å². The second-order valence-electron chi connectivity index (χ2n) is 9.69. The second-order valence-corrected chi connectivity index (χ2v) is 11.6. The third-order valence-electron chi connectivity index (χ3n) is 5.59. The van der Waals surface area contributed by atoms with Gasteiger partial charge in [-0.1, -0.05) is 5.16 Å². The lowest BCUT2D eigenvalue weighted by molar-refractivity contribution is -0.689. The number of amides is 2. The first-order valence-corrected chi connectivity index (χ1v) is 13.9.